The Bertz CT molecular complexity index is 2140. The number of hydrogen-bond acceptors (Lipinski definition) is 6. The first kappa shape index (κ1) is 34.0. The third kappa shape index (κ3) is 8.98. The zero-order chi connectivity index (χ0) is 34.9. The number of nitrogens with one attached hydrogen (secondary N) is 3. The number of rotatable bonds is 11. The van der Waals surface area contributed by atoms with Crippen molar-refractivity contribution in [2.75, 3.05) is 10.6 Å². The molecule has 3 N–H and O–H groups in total. The molecule has 10 heteroatoms. The number of halogens is 1. The second-order valence-corrected chi connectivity index (χ2v) is 13.3. The van der Waals surface area contributed by atoms with Crippen molar-refractivity contribution in [1.82, 2.24) is 10.3 Å². The van der Waals surface area contributed by atoms with Crippen LogP contribution >= 0.6 is 23.1 Å². The number of thiazole rings is 1. The molecule has 1 heterocycles. The lowest BCUT2D eigenvalue weighted by molar-refractivity contribution is -0.116. The molecule has 1 unspecified atom stereocenters. The van der Waals surface area contributed by atoms with E-state index in [2.05, 4.69) is 20.9 Å². The van der Waals surface area contributed by atoms with E-state index in [9.17, 15) is 18.8 Å². The van der Waals surface area contributed by atoms with E-state index >= 15 is 0 Å². The van der Waals surface area contributed by atoms with Gasteiger partial charge in [-0.25, -0.2) is 9.37 Å². The van der Waals surface area contributed by atoms with E-state index in [-0.39, 0.29) is 11.6 Å². The smallest absolute Gasteiger partial charge is 0.272 e. The van der Waals surface area contributed by atoms with Crippen LogP contribution < -0.4 is 16.0 Å². The Morgan fingerprint density at radius 1 is 0.800 bits per heavy atom. The average molecular weight is 699 g/mol. The SMILES string of the molecule is Cc1ccc(-c2csc(NC(=O)C(Sc3cccc(NC(=O)/C(=C/c4ccc(F)cc4)NC(=O)c4ccccc4)c3)c3ccccc3)n2)cc1. The third-order valence-corrected chi connectivity index (χ3v) is 9.48. The van der Waals surface area contributed by atoms with Gasteiger partial charge in [-0.05, 0) is 66.6 Å². The van der Waals surface area contributed by atoms with Gasteiger partial charge in [-0.2, -0.15) is 0 Å². The van der Waals surface area contributed by atoms with Crippen LogP contribution in [0.25, 0.3) is 17.3 Å². The number of anilines is 2. The minimum atomic E-state index is -0.632. The van der Waals surface area contributed by atoms with Crippen molar-refractivity contribution in [1.29, 1.82) is 0 Å². The fraction of sp³-hybridized carbons (Fsp3) is 0.0500. The number of hydrogen-bond donors (Lipinski definition) is 3. The zero-order valence-corrected chi connectivity index (χ0v) is 28.4. The number of amides is 3. The first-order valence-corrected chi connectivity index (χ1v) is 17.4. The second-order valence-electron chi connectivity index (χ2n) is 11.2. The lowest BCUT2D eigenvalue weighted by Crippen LogP contribution is -2.30. The van der Waals surface area contributed by atoms with Gasteiger partial charge < -0.3 is 16.0 Å². The highest BCUT2D eigenvalue weighted by Gasteiger charge is 2.24. The molecule has 0 aliphatic carbocycles. The summed E-state index contributed by atoms with van der Waals surface area (Å²) < 4.78 is 13.6. The molecule has 1 aromatic heterocycles. The molecule has 248 valence electrons. The Morgan fingerprint density at radius 2 is 1.50 bits per heavy atom. The summed E-state index contributed by atoms with van der Waals surface area (Å²) in [6.45, 7) is 2.03. The minimum Gasteiger partial charge on any atom is -0.321 e. The molecule has 0 bridgehead atoms. The third-order valence-electron chi connectivity index (χ3n) is 7.48. The first-order valence-electron chi connectivity index (χ1n) is 15.6. The van der Waals surface area contributed by atoms with Crippen molar-refractivity contribution >= 4 is 57.7 Å². The normalized spacial score (nSPS) is 11.8. The Morgan fingerprint density at radius 3 is 2.22 bits per heavy atom. The molecule has 0 saturated heterocycles. The summed E-state index contributed by atoms with van der Waals surface area (Å²) in [5, 5.41) is 10.3. The van der Waals surface area contributed by atoms with Crippen LogP contribution in [-0.2, 0) is 9.59 Å². The summed E-state index contributed by atoms with van der Waals surface area (Å²) in [5.74, 6) is -1.71. The van der Waals surface area contributed by atoms with Crippen LogP contribution in [-0.4, -0.2) is 22.7 Å². The molecule has 50 heavy (non-hydrogen) atoms. The summed E-state index contributed by atoms with van der Waals surface area (Å²) in [7, 11) is 0. The Hall–Kier alpha value is -5.84. The molecular weight excluding hydrogens is 668 g/mol. The van der Waals surface area contributed by atoms with E-state index in [0.717, 1.165) is 27.3 Å². The van der Waals surface area contributed by atoms with Crippen molar-refractivity contribution in [3.63, 3.8) is 0 Å². The van der Waals surface area contributed by atoms with Crippen LogP contribution in [0.1, 0.15) is 32.3 Å². The van der Waals surface area contributed by atoms with Gasteiger partial charge in [0.25, 0.3) is 11.8 Å². The highest BCUT2D eigenvalue weighted by Crippen LogP contribution is 2.38. The van der Waals surface area contributed by atoms with Gasteiger partial charge in [0.15, 0.2) is 5.13 Å². The van der Waals surface area contributed by atoms with Gasteiger partial charge >= 0.3 is 0 Å². The van der Waals surface area contributed by atoms with Gasteiger partial charge in [-0.15, -0.1) is 23.1 Å². The molecule has 6 aromatic rings. The van der Waals surface area contributed by atoms with E-state index in [0.29, 0.717) is 21.9 Å². The monoisotopic (exact) mass is 698 g/mol. The van der Waals surface area contributed by atoms with E-state index < -0.39 is 22.9 Å². The van der Waals surface area contributed by atoms with Crippen LogP contribution in [0.2, 0.25) is 0 Å². The number of carbonyl (C=O) groups is 3. The average Bonchev–Trinajstić information content (AvgIpc) is 3.60. The maximum absolute atomic E-state index is 13.8. The fourth-order valence-electron chi connectivity index (χ4n) is 4.91. The molecule has 7 nitrogen and oxygen atoms in total. The van der Waals surface area contributed by atoms with Crippen LogP contribution in [0.3, 0.4) is 0 Å². The van der Waals surface area contributed by atoms with Crippen molar-refractivity contribution < 1.29 is 18.8 Å². The van der Waals surface area contributed by atoms with Gasteiger partial charge in [0.1, 0.15) is 16.8 Å². The number of aromatic nitrogens is 1. The molecule has 0 radical (unpaired) electrons. The molecule has 6 rings (SSSR count). The Kier molecular flexibility index (Phi) is 10.9. The maximum atomic E-state index is 13.8. The topological polar surface area (TPSA) is 100 Å². The molecule has 0 spiro atoms. The molecule has 0 aliphatic heterocycles. The minimum absolute atomic E-state index is 0.0292. The van der Waals surface area contributed by atoms with Crippen molar-refractivity contribution in [3.8, 4) is 11.3 Å². The summed E-state index contributed by atoms with van der Waals surface area (Å²) in [4.78, 5) is 45.7. The highest BCUT2D eigenvalue weighted by molar-refractivity contribution is 8.00. The molecule has 0 saturated carbocycles. The van der Waals surface area contributed by atoms with E-state index in [1.54, 1.807) is 48.5 Å². The van der Waals surface area contributed by atoms with Crippen molar-refractivity contribution in [2.45, 2.75) is 17.1 Å². The van der Waals surface area contributed by atoms with Crippen molar-refractivity contribution in [3.05, 3.63) is 173 Å². The second kappa shape index (κ2) is 16.0. The largest absolute Gasteiger partial charge is 0.321 e. The van der Waals surface area contributed by atoms with E-state index in [1.807, 2.05) is 73.0 Å². The lowest BCUT2D eigenvalue weighted by Gasteiger charge is -2.17. The van der Waals surface area contributed by atoms with Crippen LogP contribution in [0.4, 0.5) is 15.2 Å². The predicted octanol–water partition coefficient (Wildman–Crippen LogP) is 9.14. The number of nitrogens with zero attached hydrogens (tertiary/aromatic N) is 1. The van der Waals surface area contributed by atoms with Crippen LogP contribution in [0.5, 0.6) is 0 Å². The Labute approximate surface area is 297 Å². The van der Waals surface area contributed by atoms with Gasteiger partial charge in [0.2, 0.25) is 5.91 Å². The van der Waals surface area contributed by atoms with Gasteiger partial charge in [-0.1, -0.05) is 96.6 Å². The summed E-state index contributed by atoms with van der Waals surface area (Å²) in [6, 6.07) is 38.7. The highest BCUT2D eigenvalue weighted by atomic mass is 32.2. The van der Waals surface area contributed by atoms with Crippen LogP contribution in [0, 0.1) is 12.7 Å². The lowest BCUT2D eigenvalue weighted by atomic mass is 10.1. The van der Waals surface area contributed by atoms with Crippen LogP contribution in [0.15, 0.2) is 149 Å². The molecule has 5 aromatic carbocycles. The molecular formula is C40H31FN4O3S2. The molecule has 0 aliphatic rings. The van der Waals surface area contributed by atoms with Gasteiger partial charge in [-0.3, -0.25) is 14.4 Å². The number of aryl methyl sites for hydroxylation is 1. The standard InChI is InChI=1S/C40H31FN4O3S2/c1-26-15-19-28(20-16-26)35-25-49-40(44-35)45-39(48)36(29-9-4-2-5-10-29)50-33-14-8-13-32(24-33)42-38(47)34(23-27-17-21-31(41)22-18-27)43-37(46)30-11-6-3-7-12-30/h2-25,36H,1H3,(H,42,47)(H,43,46)(H,44,45,48)/b34-23-. The van der Waals surface area contributed by atoms with E-state index in [4.69, 9.17) is 0 Å². The zero-order valence-electron chi connectivity index (χ0n) is 26.8. The van der Waals surface area contributed by atoms with E-state index in [1.165, 1.54) is 53.4 Å². The number of benzene rings is 5. The molecule has 1 atom stereocenters. The van der Waals surface area contributed by atoms with Gasteiger partial charge in [0, 0.05) is 27.1 Å². The van der Waals surface area contributed by atoms with Gasteiger partial charge in [0.05, 0.1) is 5.69 Å². The quantitative estimate of drug-likeness (QED) is 0.0926. The Balaban J connectivity index is 1.20. The fourth-order valence-corrected chi connectivity index (χ4v) is 6.72. The predicted molar refractivity (Wildman–Crippen MR) is 199 cm³/mol. The maximum Gasteiger partial charge on any atom is 0.272 e. The van der Waals surface area contributed by atoms with Crippen molar-refractivity contribution in [2.24, 2.45) is 0 Å². The summed E-state index contributed by atoms with van der Waals surface area (Å²) in [6.07, 6.45) is 1.48. The molecule has 3 amide bonds. The molecule has 0 fully saturated rings. The number of thioether (sulfide) groups is 1. The summed E-state index contributed by atoms with van der Waals surface area (Å²) in [5.41, 5.74) is 5.03. The number of carbonyl (C=O) groups excluding carboxylic acids is 3. The summed E-state index contributed by atoms with van der Waals surface area (Å²) >= 11 is 2.69. The first-order chi connectivity index (χ1) is 24.3.